The first-order valence-corrected chi connectivity index (χ1v) is 10.8. The summed E-state index contributed by atoms with van der Waals surface area (Å²) in [4.78, 5) is 25.3. The Labute approximate surface area is 189 Å². The molecule has 1 saturated carbocycles. The number of anilines is 2. The molecule has 3 aromatic heterocycles. The Bertz CT molecular complexity index is 1220. The lowest BCUT2D eigenvalue weighted by atomic mass is 10.2. The average Bonchev–Trinajstić information content (AvgIpc) is 3.15. The summed E-state index contributed by atoms with van der Waals surface area (Å²) in [5, 5.41) is 12.2. The minimum absolute atomic E-state index is 0.0328. The van der Waals surface area contributed by atoms with Gasteiger partial charge in [0.15, 0.2) is 5.82 Å². The molecule has 11 nitrogen and oxygen atoms in total. The second-order valence-corrected chi connectivity index (χ2v) is 8.76. The molecule has 0 amide bonds. The fourth-order valence-electron chi connectivity index (χ4n) is 4.92. The quantitative estimate of drug-likeness (QED) is 0.510. The number of halogens is 1. The molecule has 2 aliphatic rings. The van der Waals surface area contributed by atoms with Crippen molar-refractivity contribution in [3.05, 3.63) is 40.7 Å². The van der Waals surface area contributed by atoms with Crippen LogP contribution in [0.3, 0.4) is 0 Å². The van der Waals surface area contributed by atoms with Gasteiger partial charge in [-0.15, -0.1) is 0 Å². The minimum atomic E-state index is -0.508. The highest BCUT2D eigenvalue weighted by Gasteiger charge is 2.59. The number of hydrogen-bond acceptors (Lipinski definition) is 9. The van der Waals surface area contributed by atoms with Crippen molar-refractivity contribution in [3.8, 4) is 11.3 Å². The van der Waals surface area contributed by atoms with Crippen molar-refractivity contribution in [2.24, 2.45) is 18.9 Å². The molecule has 1 saturated heterocycles. The summed E-state index contributed by atoms with van der Waals surface area (Å²) >= 11 is 0. The Balaban J connectivity index is 1.35. The molecule has 33 heavy (non-hydrogen) atoms. The maximum atomic E-state index is 14.3. The molecule has 5 rings (SSSR count). The van der Waals surface area contributed by atoms with Gasteiger partial charge in [0.2, 0.25) is 11.9 Å². The lowest BCUT2D eigenvalue weighted by Crippen LogP contribution is -2.37. The number of tetrazole rings is 1. The Hall–Kier alpha value is -3.41. The van der Waals surface area contributed by atoms with Gasteiger partial charge in [0, 0.05) is 70.0 Å². The maximum absolute atomic E-state index is 14.3. The van der Waals surface area contributed by atoms with Crippen LogP contribution in [0.1, 0.15) is 13.0 Å². The number of nitrogens with zero attached hydrogens (tertiary/aromatic N) is 9. The summed E-state index contributed by atoms with van der Waals surface area (Å²) in [6, 6.07) is 3.15. The highest BCUT2D eigenvalue weighted by atomic mass is 19.1. The van der Waals surface area contributed by atoms with Crippen molar-refractivity contribution in [3.63, 3.8) is 0 Å². The smallest absolute Gasteiger partial charge is 0.255 e. The molecule has 12 heteroatoms. The molecule has 2 fully saturated rings. The zero-order valence-electron chi connectivity index (χ0n) is 19.0. The monoisotopic (exact) mass is 455 g/mol. The first-order valence-electron chi connectivity index (χ1n) is 10.8. The van der Waals surface area contributed by atoms with Crippen molar-refractivity contribution in [2.75, 3.05) is 43.7 Å². The minimum Gasteiger partial charge on any atom is -0.382 e. The third-order valence-corrected chi connectivity index (χ3v) is 6.65. The van der Waals surface area contributed by atoms with Gasteiger partial charge in [0.1, 0.15) is 0 Å². The third-order valence-electron chi connectivity index (χ3n) is 6.65. The van der Waals surface area contributed by atoms with E-state index in [4.69, 9.17) is 4.74 Å². The third kappa shape index (κ3) is 3.63. The van der Waals surface area contributed by atoms with Crippen molar-refractivity contribution in [2.45, 2.75) is 19.0 Å². The van der Waals surface area contributed by atoms with Crippen LogP contribution in [0.15, 0.2) is 29.3 Å². The molecule has 174 valence electrons. The predicted molar refractivity (Wildman–Crippen MR) is 118 cm³/mol. The summed E-state index contributed by atoms with van der Waals surface area (Å²) in [7, 11) is 5.28. The normalized spacial score (nSPS) is 22.3. The summed E-state index contributed by atoms with van der Waals surface area (Å²) in [5.74, 6) is 1.55. The van der Waals surface area contributed by atoms with Crippen LogP contribution in [0.4, 0.5) is 16.3 Å². The lowest BCUT2D eigenvalue weighted by Gasteiger charge is -2.27. The summed E-state index contributed by atoms with van der Waals surface area (Å²) in [5.41, 5.74) is 0.326. The van der Waals surface area contributed by atoms with Crippen molar-refractivity contribution in [1.82, 2.24) is 34.7 Å². The molecule has 3 aromatic rings. The Kier molecular flexibility index (Phi) is 5.31. The standard InChI is InChI=1S/C21H26FN9O2/c1-12(11-33-4)31-21(25-26-27-31)30-9-14-15(10-30)19(14)29(3)20-24-17(7-18(32)28(20)2)13-5-6-23-8-16(13)22/h5-8,12,14-15,19H,9-11H2,1-4H3/t12?,14-,15+,19-. The van der Waals surface area contributed by atoms with Gasteiger partial charge < -0.3 is 14.5 Å². The average molecular weight is 455 g/mol. The first kappa shape index (κ1) is 21.4. The number of methoxy groups -OCH3 is 1. The van der Waals surface area contributed by atoms with Crippen LogP contribution >= 0.6 is 0 Å². The summed E-state index contributed by atoms with van der Waals surface area (Å²) in [6.45, 7) is 4.17. The second-order valence-electron chi connectivity index (χ2n) is 8.76. The molecule has 4 atom stereocenters. The van der Waals surface area contributed by atoms with E-state index in [2.05, 4.69) is 30.4 Å². The first-order chi connectivity index (χ1) is 15.9. The molecule has 1 aliphatic heterocycles. The van der Waals surface area contributed by atoms with E-state index >= 15 is 0 Å². The molecule has 0 aromatic carbocycles. The SMILES string of the molecule is COCC(C)n1nnnc1N1C[C@@H]2[C@H](C1)[C@@H]2N(C)c1nc(-c2ccncc2F)cc(=O)n1C. The number of rotatable bonds is 7. The summed E-state index contributed by atoms with van der Waals surface area (Å²) in [6.07, 6.45) is 2.61. The van der Waals surface area contributed by atoms with Crippen LogP contribution in [0.25, 0.3) is 11.3 Å². The van der Waals surface area contributed by atoms with Gasteiger partial charge >= 0.3 is 0 Å². The number of fused-ring (bicyclic) bond motifs is 1. The Morgan fingerprint density at radius 2 is 2.09 bits per heavy atom. The van der Waals surface area contributed by atoms with Crippen LogP contribution in [-0.2, 0) is 11.8 Å². The zero-order chi connectivity index (χ0) is 23.3. The number of aromatic nitrogens is 7. The second kappa shape index (κ2) is 8.18. The van der Waals surface area contributed by atoms with Crippen LogP contribution in [0.5, 0.6) is 0 Å². The van der Waals surface area contributed by atoms with E-state index in [1.807, 2.05) is 18.9 Å². The highest BCUT2D eigenvalue weighted by molar-refractivity contribution is 5.60. The van der Waals surface area contributed by atoms with E-state index in [1.54, 1.807) is 18.8 Å². The van der Waals surface area contributed by atoms with E-state index in [0.717, 1.165) is 25.2 Å². The molecule has 1 unspecified atom stereocenters. The maximum Gasteiger partial charge on any atom is 0.255 e. The van der Waals surface area contributed by atoms with Gasteiger partial charge in [-0.05, 0) is 23.4 Å². The van der Waals surface area contributed by atoms with Crippen LogP contribution in [0.2, 0.25) is 0 Å². The molecule has 0 radical (unpaired) electrons. The van der Waals surface area contributed by atoms with E-state index < -0.39 is 5.82 Å². The molecule has 0 spiro atoms. The van der Waals surface area contributed by atoms with Gasteiger partial charge in [0.05, 0.1) is 24.5 Å². The molecular formula is C21H26FN9O2. The largest absolute Gasteiger partial charge is 0.382 e. The summed E-state index contributed by atoms with van der Waals surface area (Å²) < 4.78 is 22.8. The van der Waals surface area contributed by atoms with E-state index in [1.165, 1.54) is 22.9 Å². The molecule has 0 bridgehead atoms. The molecule has 0 N–H and O–H groups in total. The molecule has 1 aliphatic carbocycles. The van der Waals surface area contributed by atoms with E-state index in [-0.39, 0.29) is 23.2 Å². The fraction of sp³-hybridized carbons (Fsp3) is 0.524. The zero-order valence-corrected chi connectivity index (χ0v) is 19.0. The molecular weight excluding hydrogens is 429 g/mol. The van der Waals surface area contributed by atoms with Crippen molar-refractivity contribution in [1.29, 1.82) is 0 Å². The number of piperidine rings is 1. The van der Waals surface area contributed by atoms with Crippen LogP contribution in [-0.4, -0.2) is 74.6 Å². The van der Waals surface area contributed by atoms with E-state index in [0.29, 0.717) is 30.1 Å². The Morgan fingerprint density at radius 3 is 2.79 bits per heavy atom. The predicted octanol–water partition coefficient (Wildman–Crippen LogP) is 0.746. The fourth-order valence-corrected chi connectivity index (χ4v) is 4.92. The van der Waals surface area contributed by atoms with Crippen molar-refractivity contribution < 1.29 is 9.13 Å². The van der Waals surface area contributed by atoms with Gasteiger partial charge in [-0.25, -0.2) is 14.1 Å². The number of hydrogen-bond donors (Lipinski definition) is 0. The topological polar surface area (TPSA) is 107 Å². The van der Waals surface area contributed by atoms with Gasteiger partial charge in [-0.3, -0.25) is 14.3 Å². The number of ether oxygens (including phenoxy) is 1. The highest BCUT2D eigenvalue weighted by Crippen LogP contribution is 2.50. The van der Waals surface area contributed by atoms with Crippen molar-refractivity contribution >= 4 is 11.9 Å². The van der Waals surface area contributed by atoms with Gasteiger partial charge in [-0.1, -0.05) is 5.10 Å². The van der Waals surface area contributed by atoms with Crippen LogP contribution < -0.4 is 15.4 Å². The van der Waals surface area contributed by atoms with Gasteiger partial charge in [0.25, 0.3) is 5.56 Å². The van der Waals surface area contributed by atoms with Gasteiger partial charge in [-0.2, -0.15) is 0 Å². The van der Waals surface area contributed by atoms with E-state index in [9.17, 15) is 9.18 Å². The molecule has 4 heterocycles. The van der Waals surface area contributed by atoms with Crippen LogP contribution in [0, 0.1) is 17.7 Å². The lowest BCUT2D eigenvalue weighted by molar-refractivity contribution is 0.156. The Morgan fingerprint density at radius 1 is 1.33 bits per heavy atom. The number of pyridine rings is 1.